The minimum Gasteiger partial charge on any atom is -0.368 e. The van der Waals surface area contributed by atoms with Crippen LogP contribution in [0.15, 0.2) is 36.4 Å². The maximum absolute atomic E-state index is 12.6. The van der Waals surface area contributed by atoms with Crippen LogP contribution in [0, 0.1) is 0 Å². The van der Waals surface area contributed by atoms with Crippen LogP contribution in [0.5, 0.6) is 0 Å². The molecule has 3 N–H and O–H groups in total. The molecule has 1 heterocycles. The lowest BCUT2D eigenvalue weighted by Gasteiger charge is -2.16. The number of aromatic nitrogens is 2. The minimum atomic E-state index is -4.55. The quantitative estimate of drug-likeness (QED) is 0.907. The van der Waals surface area contributed by atoms with Gasteiger partial charge in [0.25, 0.3) is 0 Å². The van der Waals surface area contributed by atoms with Crippen LogP contribution in [0.1, 0.15) is 24.2 Å². The molecule has 0 aliphatic rings. The van der Waals surface area contributed by atoms with Gasteiger partial charge in [-0.3, -0.25) is 0 Å². The average molecular weight is 282 g/mol. The van der Waals surface area contributed by atoms with Crippen LogP contribution < -0.4 is 11.1 Å². The third-order valence-corrected chi connectivity index (χ3v) is 2.70. The zero-order valence-electron chi connectivity index (χ0n) is 10.6. The fraction of sp³-hybridized carbons (Fsp3) is 0.231. The van der Waals surface area contributed by atoms with Crippen molar-refractivity contribution in [2.24, 2.45) is 0 Å². The average Bonchev–Trinajstić information content (AvgIpc) is 2.38. The predicted molar refractivity (Wildman–Crippen MR) is 69.9 cm³/mol. The number of hydrogen-bond acceptors (Lipinski definition) is 4. The van der Waals surface area contributed by atoms with E-state index in [4.69, 9.17) is 5.73 Å². The van der Waals surface area contributed by atoms with Crippen molar-refractivity contribution in [3.63, 3.8) is 0 Å². The van der Waals surface area contributed by atoms with Crippen molar-refractivity contribution < 1.29 is 13.2 Å². The molecule has 0 fully saturated rings. The second-order valence-corrected chi connectivity index (χ2v) is 4.27. The highest BCUT2D eigenvalue weighted by Gasteiger charge is 2.33. The van der Waals surface area contributed by atoms with Crippen LogP contribution in [0.4, 0.5) is 24.9 Å². The van der Waals surface area contributed by atoms with Gasteiger partial charge in [-0.2, -0.15) is 18.2 Å². The summed E-state index contributed by atoms with van der Waals surface area (Å²) in [6.45, 7) is 1.82. The smallest absolute Gasteiger partial charge is 0.368 e. The van der Waals surface area contributed by atoms with Crippen molar-refractivity contribution in [3.05, 3.63) is 47.7 Å². The molecule has 0 amide bonds. The molecule has 1 aromatic heterocycles. The van der Waals surface area contributed by atoms with Crippen LogP contribution in [0.3, 0.4) is 0 Å². The van der Waals surface area contributed by atoms with Gasteiger partial charge in [0.05, 0.1) is 0 Å². The summed E-state index contributed by atoms with van der Waals surface area (Å²) in [6.07, 6.45) is -4.55. The molecule has 1 atom stereocenters. The SMILES string of the molecule is C[C@@H](Nc1cc(C(F)(F)F)nc(N)n1)c1ccccc1. The van der Waals surface area contributed by atoms with E-state index in [9.17, 15) is 13.2 Å². The number of halogens is 3. The van der Waals surface area contributed by atoms with Crippen molar-refractivity contribution in [3.8, 4) is 0 Å². The van der Waals surface area contributed by atoms with Crippen LogP contribution >= 0.6 is 0 Å². The Bertz CT molecular complexity index is 584. The lowest BCUT2D eigenvalue weighted by atomic mass is 10.1. The first-order chi connectivity index (χ1) is 9.36. The number of nitrogens with zero attached hydrogens (tertiary/aromatic N) is 2. The molecular weight excluding hydrogens is 269 g/mol. The minimum absolute atomic E-state index is 0.0428. The fourth-order valence-corrected chi connectivity index (χ4v) is 1.73. The Hall–Kier alpha value is -2.31. The van der Waals surface area contributed by atoms with Gasteiger partial charge >= 0.3 is 6.18 Å². The predicted octanol–water partition coefficient (Wildman–Crippen LogP) is 3.25. The Labute approximate surface area is 113 Å². The van der Waals surface area contributed by atoms with Gasteiger partial charge in [-0.05, 0) is 12.5 Å². The van der Waals surface area contributed by atoms with Gasteiger partial charge in [0.15, 0.2) is 5.69 Å². The summed E-state index contributed by atoms with van der Waals surface area (Å²) >= 11 is 0. The van der Waals surface area contributed by atoms with Crippen LogP contribution in [0.25, 0.3) is 0 Å². The largest absolute Gasteiger partial charge is 0.433 e. The van der Waals surface area contributed by atoms with Gasteiger partial charge in [-0.1, -0.05) is 30.3 Å². The molecule has 0 radical (unpaired) electrons. The summed E-state index contributed by atoms with van der Waals surface area (Å²) in [7, 11) is 0. The molecule has 2 aromatic rings. The van der Waals surface area contributed by atoms with Crippen LogP contribution in [-0.4, -0.2) is 9.97 Å². The van der Waals surface area contributed by atoms with Crippen molar-refractivity contribution in [2.45, 2.75) is 19.1 Å². The summed E-state index contributed by atoms with van der Waals surface area (Å²) in [5.74, 6) is -0.372. The number of nitrogen functional groups attached to an aromatic ring is 1. The number of benzene rings is 1. The van der Waals surface area contributed by atoms with E-state index in [1.807, 2.05) is 37.3 Å². The Morgan fingerprint density at radius 1 is 1.15 bits per heavy atom. The van der Waals surface area contributed by atoms with E-state index >= 15 is 0 Å². The molecule has 106 valence electrons. The first kappa shape index (κ1) is 14.1. The zero-order chi connectivity index (χ0) is 14.8. The van der Waals surface area contributed by atoms with E-state index in [1.165, 1.54) is 0 Å². The Morgan fingerprint density at radius 3 is 2.40 bits per heavy atom. The first-order valence-electron chi connectivity index (χ1n) is 5.89. The topological polar surface area (TPSA) is 63.8 Å². The molecule has 0 unspecified atom stereocenters. The fourth-order valence-electron chi connectivity index (χ4n) is 1.73. The van der Waals surface area contributed by atoms with Gasteiger partial charge in [-0.25, -0.2) is 4.98 Å². The number of nitrogens with two attached hydrogens (primary N) is 1. The number of hydrogen-bond donors (Lipinski definition) is 2. The summed E-state index contributed by atoms with van der Waals surface area (Å²) in [5.41, 5.74) is 5.17. The van der Waals surface area contributed by atoms with Gasteiger partial charge in [-0.15, -0.1) is 0 Å². The molecular formula is C13H13F3N4. The van der Waals surface area contributed by atoms with Crippen LogP contribution in [-0.2, 0) is 6.18 Å². The third kappa shape index (κ3) is 3.37. The number of rotatable bonds is 3. The zero-order valence-corrected chi connectivity index (χ0v) is 10.6. The monoisotopic (exact) mass is 282 g/mol. The number of alkyl halides is 3. The van der Waals surface area contributed by atoms with Crippen molar-refractivity contribution >= 4 is 11.8 Å². The molecule has 0 saturated heterocycles. The van der Waals surface area contributed by atoms with E-state index in [-0.39, 0.29) is 11.9 Å². The van der Waals surface area contributed by atoms with E-state index in [0.717, 1.165) is 11.6 Å². The van der Waals surface area contributed by atoms with Crippen LogP contribution in [0.2, 0.25) is 0 Å². The van der Waals surface area contributed by atoms with Gasteiger partial charge in [0.2, 0.25) is 5.95 Å². The molecule has 0 bridgehead atoms. The Kier molecular flexibility index (Phi) is 3.78. The first-order valence-corrected chi connectivity index (χ1v) is 5.89. The third-order valence-electron chi connectivity index (χ3n) is 2.70. The molecule has 0 aliphatic carbocycles. The Balaban J connectivity index is 2.24. The maximum Gasteiger partial charge on any atom is 0.433 e. The molecule has 0 saturated carbocycles. The lowest BCUT2D eigenvalue weighted by Crippen LogP contribution is -2.14. The molecule has 4 nitrogen and oxygen atoms in total. The Morgan fingerprint density at radius 2 is 1.80 bits per heavy atom. The highest BCUT2D eigenvalue weighted by atomic mass is 19.4. The molecule has 20 heavy (non-hydrogen) atoms. The molecule has 0 spiro atoms. The maximum atomic E-state index is 12.6. The van der Waals surface area contributed by atoms with Crippen molar-refractivity contribution in [1.29, 1.82) is 0 Å². The standard InChI is InChI=1S/C13H13F3N4/c1-8(9-5-3-2-4-6-9)18-11-7-10(13(14,15)16)19-12(17)20-11/h2-8H,1H3,(H3,17,18,19,20)/t8-/m1/s1. The molecule has 1 aromatic carbocycles. The highest BCUT2D eigenvalue weighted by Crippen LogP contribution is 2.30. The summed E-state index contributed by atoms with van der Waals surface area (Å²) < 4.78 is 37.9. The second-order valence-electron chi connectivity index (χ2n) is 4.27. The summed E-state index contributed by atoms with van der Waals surface area (Å²) in [5, 5.41) is 2.88. The number of nitrogens with one attached hydrogen (secondary N) is 1. The molecule has 2 rings (SSSR count). The van der Waals surface area contributed by atoms with Crippen molar-refractivity contribution in [2.75, 3.05) is 11.1 Å². The normalized spacial score (nSPS) is 13.0. The lowest BCUT2D eigenvalue weighted by molar-refractivity contribution is -0.141. The van der Waals surface area contributed by atoms with Gasteiger partial charge < -0.3 is 11.1 Å². The molecule has 0 aliphatic heterocycles. The van der Waals surface area contributed by atoms with Crippen molar-refractivity contribution in [1.82, 2.24) is 9.97 Å². The van der Waals surface area contributed by atoms with Gasteiger partial charge in [0.1, 0.15) is 5.82 Å². The van der Waals surface area contributed by atoms with E-state index in [0.29, 0.717) is 0 Å². The highest BCUT2D eigenvalue weighted by molar-refractivity contribution is 5.43. The second kappa shape index (κ2) is 5.36. The summed E-state index contributed by atoms with van der Waals surface area (Å²) in [4.78, 5) is 6.96. The summed E-state index contributed by atoms with van der Waals surface area (Å²) in [6, 6.07) is 9.94. The number of anilines is 2. The molecule has 7 heteroatoms. The van der Waals surface area contributed by atoms with E-state index < -0.39 is 17.8 Å². The van der Waals surface area contributed by atoms with E-state index in [1.54, 1.807) is 0 Å². The van der Waals surface area contributed by atoms with E-state index in [2.05, 4.69) is 15.3 Å². The van der Waals surface area contributed by atoms with Gasteiger partial charge in [0, 0.05) is 12.1 Å².